The number of aromatic nitrogens is 4. The summed E-state index contributed by atoms with van der Waals surface area (Å²) in [5.74, 6) is -2.87. The van der Waals surface area contributed by atoms with E-state index in [0.717, 1.165) is 9.36 Å². The number of carboxylic acid groups (broad SMARTS) is 1. The van der Waals surface area contributed by atoms with Crippen molar-refractivity contribution in [3.8, 4) is 22.8 Å². The number of aryl methyl sites for hydroxylation is 1. The Morgan fingerprint density at radius 3 is 2.58 bits per heavy atom. The van der Waals surface area contributed by atoms with Gasteiger partial charge in [0.1, 0.15) is 0 Å². The van der Waals surface area contributed by atoms with Crippen LogP contribution < -0.4 is 0 Å². The Morgan fingerprint density at radius 1 is 1.27 bits per heavy atom. The molecule has 0 aliphatic rings. The molecule has 0 amide bonds. The first-order chi connectivity index (χ1) is 12.1. The summed E-state index contributed by atoms with van der Waals surface area (Å²) in [6, 6.07) is 4.17. The van der Waals surface area contributed by atoms with Gasteiger partial charge >= 0.3 is 12.1 Å². The van der Waals surface area contributed by atoms with E-state index in [2.05, 4.69) is 10.2 Å². The molecule has 11 heteroatoms. The molecule has 7 nitrogen and oxygen atoms in total. The molecule has 2 aromatic heterocycles. The van der Waals surface area contributed by atoms with E-state index >= 15 is 0 Å². The number of hydrogen-bond donors (Lipinski definition) is 2. The van der Waals surface area contributed by atoms with Crippen LogP contribution in [-0.2, 0) is 13.2 Å². The first-order valence-corrected chi connectivity index (χ1v) is 7.39. The quantitative estimate of drug-likeness (QED) is 0.720. The maximum absolute atomic E-state index is 13.2. The average Bonchev–Trinajstić information content (AvgIpc) is 3.10. The second kappa shape index (κ2) is 6.06. The standard InChI is InChI=1S/C15H10ClF3N4O3/c1-22-13(11(12(24)21-22)15(17,18)19)23-6-8(5-20-23)7-2-3-10(16)9(4-7)14(25)26/h2-6H,1H3,(H,21,24)(H,25,26). The molecule has 0 saturated heterocycles. The van der Waals surface area contributed by atoms with E-state index in [1.165, 1.54) is 37.6 Å². The summed E-state index contributed by atoms with van der Waals surface area (Å²) < 4.78 is 41.3. The molecule has 3 aromatic rings. The minimum absolute atomic E-state index is 0.0320. The Labute approximate surface area is 148 Å². The number of hydrogen-bond acceptors (Lipinski definition) is 4. The number of benzene rings is 1. The Hall–Kier alpha value is -3.01. The molecule has 0 atom stereocenters. The minimum Gasteiger partial charge on any atom is -0.492 e. The summed E-state index contributed by atoms with van der Waals surface area (Å²) in [4.78, 5) is 11.2. The zero-order chi connectivity index (χ0) is 19.2. The molecule has 0 aliphatic carbocycles. The Kier molecular flexibility index (Phi) is 4.15. The van der Waals surface area contributed by atoms with Crippen molar-refractivity contribution in [3.05, 3.63) is 46.7 Å². The van der Waals surface area contributed by atoms with Crippen molar-refractivity contribution in [2.24, 2.45) is 7.05 Å². The molecule has 0 radical (unpaired) electrons. The SMILES string of the molecule is Cn1nc(O)c(C(F)(F)F)c1-n1cc(-c2ccc(Cl)c(C(=O)O)c2)cn1. The molecular formula is C15H10ClF3N4O3. The predicted molar refractivity (Wildman–Crippen MR) is 84.4 cm³/mol. The summed E-state index contributed by atoms with van der Waals surface area (Å²) in [5, 5.41) is 25.9. The smallest absolute Gasteiger partial charge is 0.425 e. The van der Waals surface area contributed by atoms with Crippen molar-refractivity contribution < 1.29 is 28.2 Å². The maximum atomic E-state index is 13.2. The van der Waals surface area contributed by atoms with E-state index in [4.69, 9.17) is 16.7 Å². The van der Waals surface area contributed by atoms with Gasteiger partial charge in [-0.05, 0) is 17.7 Å². The Morgan fingerprint density at radius 2 is 1.96 bits per heavy atom. The third kappa shape index (κ3) is 2.99. The molecule has 0 spiro atoms. The zero-order valence-electron chi connectivity index (χ0n) is 13.0. The van der Waals surface area contributed by atoms with Gasteiger partial charge in [-0.2, -0.15) is 18.3 Å². The van der Waals surface area contributed by atoms with Gasteiger partial charge in [0.15, 0.2) is 11.4 Å². The van der Waals surface area contributed by atoms with E-state index in [9.17, 15) is 23.1 Å². The molecule has 1 aromatic carbocycles. The Bertz CT molecular complexity index is 1010. The number of aromatic carboxylic acids is 1. The second-order valence-corrected chi connectivity index (χ2v) is 5.72. The fourth-order valence-corrected chi connectivity index (χ4v) is 2.67. The second-order valence-electron chi connectivity index (χ2n) is 5.32. The molecule has 0 fully saturated rings. The molecule has 2 N–H and O–H groups in total. The maximum Gasteiger partial charge on any atom is 0.425 e. The number of alkyl halides is 3. The van der Waals surface area contributed by atoms with E-state index in [-0.39, 0.29) is 10.6 Å². The highest BCUT2D eigenvalue weighted by Gasteiger charge is 2.41. The number of halogens is 4. The minimum atomic E-state index is -4.84. The van der Waals surface area contributed by atoms with Crippen LogP contribution in [0.1, 0.15) is 15.9 Å². The van der Waals surface area contributed by atoms with Gasteiger partial charge in [-0.1, -0.05) is 17.7 Å². The number of carboxylic acids is 1. The molecule has 0 bridgehead atoms. The fourth-order valence-electron chi connectivity index (χ4n) is 2.47. The van der Waals surface area contributed by atoms with Crippen LogP contribution in [0.15, 0.2) is 30.6 Å². The highest BCUT2D eigenvalue weighted by atomic mass is 35.5. The number of nitrogens with zero attached hydrogens (tertiary/aromatic N) is 4. The van der Waals surface area contributed by atoms with Crippen LogP contribution in [0, 0.1) is 0 Å². The van der Waals surface area contributed by atoms with Gasteiger partial charge in [0.2, 0.25) is 5.88 Å². The molecule has 3 rings (SSSR count). The van der Waals surface area contributed by atoms with Crippen molar-refractivity contribution in [2.75, 3.05) is 0 Å². The van der Waals surface area contributed by atoms with Crippen LogP contribution in [-0.4, -0.2) is 35.7 Å². The van der Waals surface area contributed by atoms with Gasteiger partial charge in [0, 0.05) is 18.8 Å². The monoisotopic (exact) mass is 386 g/mol. The first-order valence-electron chi connectivity index (χ1n) is 7.01. The zero-order valence-corrected chi connectivity index (χ0v) is 13.7. The summed E-state index contributed by atoms with van der Waals surface area (Å²) in [5.41, 5.74) is -0.709. The van der Waals surface area contributed by atoms with Gasteiger partial charge in [0.05, 0.1) is 16.8 Å². The third-order valence-corrected chi connectivity index (χ3v) is 3.94. The number of rotatable bonds is 3. The molecular weight excluding hydrogens is 377 g/mol. The highest BCUT2D eigenvalue weighted by molar-refractivity contribution is 6.33. The van der Waals surface area contributed by atoms with Crippen LogP contribution in [0.2, 0.25) is 5.02 Å². The lowest BCUT2D eigenvalue weighted by molar-refractivity contribution is -0.138. The lowest BCUT2D eigenvalue weighted by Gasteiger charge is -2.08. The first kappa shape index (κ1) is 17.8. The lowest BCUT2D eigenvalue weighted by atomic mass is 10.1. The van der Waals surface area contributed by atoms with Gasteiger partial charge in [-0.25, -0.2) is 14.2 Å². The van der Waals surface area contributed by atoms with Gasteiger partial charge < -0.3 is 10.2 Å². The van der Waals surface area contributed by atoms with Crippen molar-refractivity contribution in [2.45, 2.75) is 6.18 Å². The van der Waals surface area contributed by atoms with Crippen molar-refractivity contribution in [1.29, 1.82) is 0 Å². The topological polar surface area (TPSA) is 93.2 Å². The molecule has 26 heavy (non-hydrogen) atoms. The summed E-state index contributed by atoms with van der Waals surface area (Å²) in [6.07, 6.45) is -2.31. The third-order valence-electron chi connectivity index (χ3n) is 3.61. The average molecular weight is 387 g/mol. The molecule has 0 saturated carbocycles. The molecule has 0 aliphatic heterocycles. The van der Waals surface area contributed by atoms with Crippen LogP contribution in [0.25, 0.3) is 16.9 Å². The van der Waals surface area contributed by atoms with Crippen molar-refractivity contribution in [1.82, 2.24) is 19.6 Å². The van der Waals surface area contributed by atoms with E-state index in [0.29, 0.717) is 11.1 Å². The number of carbonyl (C=O) groups is 1. The Balaban J connectivity index is 2.11. The van der Waals surface area contributed by atoms with E-state index < -0.39 is 29.4 Å². The largest absolute Gasteiger partial charge is 0.492 e. The van der Waals surface area contributed by atoms with Crippen LogP contribution in [0.4, 0.5) is 13.2 Å². The van der Waals surface area contributed by atoms with Gasteiger partial charge in [-0.15, -0.1) is 5.10 Å². The summed E-state index contributed by atoms with van der Waals surface area (Å²) in [6.45, 7) is 0. The summed E-state index contributed by atoms with van der Waals surface area (Å²) >= 11 is 5.81. The predicted octanol–water partition coefficient (Wildman–Crippen LogP) is 3.35. The fraction of sp³-hybridized carbons (Fsp3) is 0.133. The molecule has 2 heterocycles. The van der Waals surface area contributed by atoms with E-state index in [1.54, 1.807) is 0 Å². The van der Waals surface area contributed by atoms with Gasteiger partial charge in [-0.3, -0.25) is 0 Å². The van der Waals surface area contributed by atoms with Gasteiger partial charge in [0.25, 0.3) is 0 Å². The van der Waals surface area contributed by atoms with Crippen molar-refractivity contribution >= 4 is 17.6 Å². The lowest BCUT2D eigenvalue weighted by Crippen LogP contribution is -2.12. The van der Waals surface area contributed by atoms with Crippen molar-refractivity contribution in [3.63, 3.8) is 0 Å². The molecule has 0 unspecified atom stereocenters. The summed E-state index contributed by atoms with van der Waals surface area (Å²) in [7, 11) is 1.23. The van der Waals surface area contributed by atoms with Crippen LogP contribution in [0.3, 0.4) is 0 Å². The van der Waals surface area contributed by atoms with Crippen LogP contribution in [0.5, 0.6) is 5.88 Å². The normalized spacial score (nSPS) is 11.7. The van der Waals surface area contributed by atoms with E-state index in [1.807, 2.05) is 0 Å². The number of aromatic hydroxyl groups is 1. The highest BCUT2D eigenvalue weighted by Crippen LogP contribution is 2.39. The molecule has 136 valence electrons. The van der Waals surface area contributed by atoms with Crippen LogP contribution >= 0.6 is 11.6 Å².